The number of carbonyl (C=O) groups is 2. The van der Waals surface area contributed by atoms with Crippen molar-refractivity contribution in [1.29, 1.82) is 0 Å². The Hall–Kier alpha value is -1.02. The fraction of sp³-hybridized carbons (Fsp3) is 0.857. The lowest BCUT2D eigenvalue weighted by atomic mass is 10.1. The zero-order valence-electron chi connectivity index (χ0n) is 13.1. The van der Waals surface area contributed by atoms with Crippen LogP contribution in [0, 0.1) is 0 Å². The molecule has 0 spiro atoms. The molecule has 0 radical (unpaired) electrons. The van der Waals surface area contributed by atoms with Gasteiger partial charge in [0.1, 0.15) is 12.6 Å². The lowest BCUT2D eigenvalue weighted by molar-refractivity contribution is -0.141. The van der Waals surface area contributed by atoms with Crippen molar-refractivity contribution >= 4 is 11.8 Å². The van der Waals surface area contributed by atoms with Crippen LogP contribution in [0.1, 0.15) is 46.5 Å². The maximum atomic E-state index is 10.8. The van der Waals surface area contributed by atoms with Gasteiger partial charge in [0, 0.05) is 13.0 Å². The Labute approximate surface area is 125 Å². The Morgan fingerprint density at radius 1 is 1.19 bits per heavy atom. The van der Waals surface area contributed by atoms with Crippen LogP contribution in [0.3, 0.4) is 0 Å². The van der Waals surface area contributed by atoms with E-state index in [-0.39, 0.29) is 32.0 Å². The molecule has 0 aromatic heterocycles. The van der Waals surface area contributed by atoms with Gasteiger partial charge in [-0.2, -0.15) is 0 Å². The molecule has 0 aliphatic carbocycles. The van der Waals surface area contributed by atoms with E-state index in [4.69, 9.17) is 14.9 Å². The molecule has 0 amide bonds. The summed E-state index contributed by atoms with van der Waals surface area (Å²) in [6.45, 7) is 5.77. The van der Waals surface area contributed by atoms with Crippen LogP contribution in [-0.2, 0) is 19.1 Å². The standard InChI is InChI=1S/C10H18O5.C4H10O2/c1-3-8(12)6-15-9(4-7(2)11)5-10(13)14;1-2-3-6-4-5/h8-9,12H,3-6H2,1-2H3,(H,13,14);5H,2-4H2,1H3. The molecule has 0 saturated heterocycles. The normalized spacial score (nSPS) is 13.0. The SMILES string of the molecule is CCC(O)COC(CC(C)=O)CC(=O)O.CCCOCO. The average Bonchev–Trinajstić information content (AvgIpc) is 2.41. The zero-order chi connectivity index (χ0) is 16.7. The summed E-state index contributed by atoms with van der Waals surface area (Å²) in [5.41, 5.74) is 0. The van der Waals surface area contributed by atoms with Gasteiger partial charge in [0.25, 0.3) is 0 Å². The molecule has 0 aliphatic rings. The molecule has 3 N–H and O–H groups in total. The summed E-state index contributed by atoms with van der Waals surface area (Å²) in [5.74, 6) is -1.13. The molecule has 0 rings (SSSR count). The largest absolute Gasteiger partial charge is 0.481 e. The van der Waals surface area contributed by atoms with Crippen LogP contribution in [-0.4, -0.2) is 59.3 Å². The highest BCUT2D eigenvalue weighted by molar-refractivity contribution is 5.77. The number of Topliss-reactive ketones (excluding diaryl/α,β-unsaturated/α-hetero) is 1. The second kappa shape index (κ2) is 15.4. The van der Waals surface area contributed by atoms with Crippen LogP contribution >= 0.6 is 0 Å². The highest BCUT2D eigenvalue weighted by atomic mass is 16.6. The number of hydrogen-bond acceptors (Lipinski definition) is 6. The molecular formula is C14H28O7. The molecule has 0 saturated carbocycles. The molecule has 0 aromatic rings. The molecule has 7 nitrogen and oxygen atoms in total. The molecular weight excluding hydrogens is 280 g/mol. The quantitative estimate of drug-likeness (QED) is 0.385. The Morgan fingerprint density at radius 2 is 1.81 bits per heavy atom. The van der Waals surface area contributed by atoms with Crippen LogP contribution in [0.2, 0.25) is 0 Å². The highest BCUT2D eigenvalue weighted by Gasteiger charge is 2.17. The number of ether oxygens (including phenoxy) is 2. The van der Waals surface area contributed by atoms with Gasteiger partial charge in [-0.1, -0.05) is 13.8 Å². The number of carboxylic acid groups (broad SMARTS) is 1. The number of aliphatic hydroxyl groups is 2. The molecule has 0 aromatic carbocycles. The van der Waals surface area contributed by atoms with Gasteiger partial charge in [-0.15, -0.1) is 0 Å². The van der Waals surface area contributed by atoms with Gasteiger partial charge in [0.05, 0.1) is 25.2 Å². The number of carbonyl (C=O) groups excluding carboxylic acids is 1. The van der Waals surface area contributed by atoms with E-state index in [2.05, 4.69) is 4.74 Å². The maximum Gasteiger partial charge on any atom is 0.305 e. The number of ketones is 1. The first kappa shape index (κ1) is 22.3. The minimum atomic E-state index is -1.01. The molecule has 0 fully saturated rings. The van der Waals surface area contributed by atoms with Gasteiger partial charge in [0.15, 0.2) is 0 Å². The summed E-state index contributed by atoms with van der Waals surface area (Å²) in [5, 5.41) is 25.8. The number of aliphatic carboxylic acids is 1. The molecule has 2 unspecified atom stereocenters. The molecule has 126 valence electrons. The topological polar surface area (TPSA) is 113 Å². The predicted molar refractivity (Wildman–Crippen MR) is 76.9 cm³/mol. The second-order valence-electron chi connectivity index (χ2n) is 4.56. The van der Waals surface area contributed by atoms with E-state index >= 15 is 0 Å². The van der Waals surface area contributed by atoms with Gasteiger partial charge >= 0.3 is 5.97 Å². The van der Waals surface area contributed by atoms with Gasteiger partial charge in [0.2, 0.25) is 0 Å². The molecule has 2 atom stereocenters. The lowest BCUT2D eigenvalue weighted by Crippen LogP contribution is -2.25. The van der Waals surface area contributed by atoms with Crippen molar-refractivity contribution in [3.05, 3.63) is 0 Å². The van der Waals surface area contributed by atoms with Gasteiger partial charge < -0.3 is 24.8 Å². The lowest BCUT2D eigenvalue weighted by Gasteiger charge is -2.16. The Morgan fingerprint density at radius 3 is 2.14 bits per heavy atom. The van der Waals surface area contributed by atoms with E-state index in [1.165, 1.54) is 6.92 Å². The molecule has 0 heterocycles. The summed E-state index contributed by atoms with van der Waals surface area (Å²) in [6.07, 6.45) is 0.133. The smallest absolute Gasteiger partial charge is 0.305 e. The van der Waals surface area contributed by atoms with Crippen LogP contribution in [0.25, 0.3) is 0 Å². The number of aliphatic hydroxyl groups excluding tert-OH is 2. The Balaban J connectivity index is 0. The van der Waals surface area contributed by atoms with Crippen LogP contribution in [0.4, 0.5) is 0 Å². The van der Waals surface area contributed by atoms with Crippen molar-refractivity contribution in [2.45, 2.75) is 58.7 Å². The molecule has 0 aliphatic heterocycles. The van der Waals surface area contributed by atoms with Crippen molar-refractivity contribution < 1.29 is 34.4 Å². The van der Waals surface area contributed by atoms with Crippen LogP contribution < -0.4 is 0 Å². The van der Waals surface area contributed by atoms with Gasteiger partial charge in [-0.3, -0.25) is 9.59 Å². The fourth-order valence-corrected chi connectivity index (χ4v) is 1.28. The maximum absolute atomic E-state index is 10.8. The Bertz CT molecular complexity index is 248. The second-order valence-corrected chi connectivity index (χ2v) is 4.56. The first-order valence-electron chi connectivity index (χ1n) is 7.06. The van der Waals surface area contributed by atoms with E-state index in [9.17, 15) is 14.7 Å². The number of hydrogen-bond donors (Lipinski definition) is 3. The first-order valence-corrected chi connectivity index (χ1v) is 7.06. The minimum absolute atomic E-state index is 0.0712. The van der Waals surface area contributed by atoms with Crippen molar-refractivity contribution in [3.8, 4) is 0 Å². The summed E-state index contributed by atoms with van der Waals surface area (Å²) in [7, 11) is 0. The average molecular weight is 308 g/mol. The Kier molecular flexibility index (Phi) is 16.3. The fourth-order valence-electron chi connectivity index (χ4n) is 1.28. The first-order chi connectivity index (χ1) is 9.87. The van der Waals surface area contributed by atoms with Crippen molar-refractivity contribution in [3.63, 3.8) is 0 Å². The molecule has 7 heteroatoms. The van der Waals surface area contributed by atoms with Crippen molar-refractivity contribution in [2.75, 3.05) is 20.0 Å². The molecule has 21 heavy (non-hydrogen) atoms. The third-order valence-corrected chi connectivity index (χ3v) is 2.35. The molecule has 0 bridgehead atoms. The predicted octanol–water partition coefficient (Wildman–Crippen LogP) is 0.959. The van der Waals surface area contributed by atoms with Crippen LogP contribution in [0.15, 0.2) is 0 Å². The third-order valence-electron chi connectivity index (χ3n) is 2.35. The summed E-state index contributed by atoms with van der Waals surface area (Å²) >= 11 is 0. The number of rotatable bonds is 11. The summed E-state index contributed by atoms with van der Waals surface area (Å²) in [4.78, 5) is 21.3. The van der Waals surface area contributed by atoms with Crippen LogP contribution in [0.5, 0.6) is 0 Å². The van der Waals surface area contributed by atoms with E-state index < -0.39 is 18.2 Å². The summed E-state index contributed by atoms with van der Waals surface area (Å²) in [6, 6.07) is 0. The van der Waals surface area contributed by atoms with E-state index in [1.807, 2.05) is 6.92 Å². The van der Waals surface area contributed by atoms with Crippen molar-refractivity contribution in [1.82, 2.24) is 0 Å². The highest BCUT2D eigenvalue weighted by Crippen LogP contribution is 2.06. The summed E-state index contributed by atoms with van der Waals surface area (Å²) < 4.78 is 9.70. The number of carboxylic acids is 1. The van der Waals surface area contributed by atoms with E-state index in [0.717, 1.165) is 6.42 Å². The van der Waals surface area contributed by atoms with E-state index in [1.54, 1.807) is 6.92 Å². The van der Waals surface area contributed by atoms with E-state index in [0.29, 0.717) is 13.0 Å². The third kappa shape index (κ3) is 19.0. The minimum Gasteiger partial charge on any atom is -0.481 e. The van der Waals surface area contributed by atoms with Crippen molar-refractivity contribution in [2.24, 2.45) is 0 Å². The monoisotopic (exact) mass is 308 g/mol. The van der Waals surface area contributed by atoms with Gasteiger partial charge in [-0.05, 0) is 19.8 Å². The van der Waals surface area contributed by atoms with Gasteiger partial charge in [-0.25, -0.2) is 0 Å². The zero-order valence-corrected chi connectivity index (χ0v) is 13.1.